The Morgan fingerprint density at radius 2 is 1.79 bits per heavy atom. The van der Waals surface area contributed by atoms with E-state index < -0.39 is 16.2 Å². The maximum absolute atomic E-state index is 12.6. The van der Waals surface area contributed by atoms with Crippen LogP contribution in [0.5, 0.6) is 0 Å². The molecule has 0 radical (unpaired) electrons. The highest BCUT2D eigenvalue weighted by Gasteiger charge is 2.31. The second-order valence-electron chi connectivity index (χ2n) is 6.59. The molecule has 1 aliphatic heterocycles. The molecule has 0 unspecified atom stereocenters. The largest absolute Gasteiger partial charge is 0.362 e. The fourth-order valence-corrected chi connectivity index (χ4v) is 4.33. The molecule has 0 saturated carbocycles. The molecular weight excluding hydrogens is 392 g/mol. The van der Waals surface area contributed by atoms with E-state index in [0.29, 0.717) is 47.6 Å². The Balaban J connectivity index is 0.00000240. The van der Waals surface area contributed by atoms with Crippen molar-refractivity contribution in [3.63, 3.8) is 0 Å². The highest BCUT2D eigenvalue weighted by Crippen LogP contribution is 2.34. The first kappa shape index (κ1) is 20.5. The van der Waals surface area contributed by atoms with Gasteiger partial charge in [0.25, 0.3) is 5.91 Å². The number of aromatic nitrogens is 1. The van der Waals surface area contributed by atoms with E-state index in [2.05, 4.69) is 0 Å². The predicted molar refractivity (Wildman–Crippen MR) is 115 cm³/mol. The zero-order valence-electron chi connectivity index (χ0n) is 15.2. The molecule has 1 aromatic carbocycles. The number of carbonyl (C=O) groups excluding carboxylic acids is 1. The molecule has 0 bridgehead atoms. The molecular formula is C20H22N4O4S. The van der Waals surface area contributed by atoms with Crippen molar-refractivity contribution >= 4 is 39.5 Å². The second kappa shape index (κ2) is 8.04. The highest BCUT2D eigenvalue weighted by atomic mass is 32.1. The number of pyridine rings is 1. The molecule has 0 N–H and O–H groups in total. The predicted octanol–water partition coefficient (Wildman–Crippen LogP) is 3.11. The number of aryl methyl sites for hydroxylation is 1. The van der Waals surface area contributed by atoms with Crippen molar-refractivity contribution in [1.82, 2.24) is 9.47 Å². The summed E-state index contributed by atoms with van der Waals surface area (Å²) < 4.78 is 1.31. The summed E-state index contributed by atoms with van der Waals surface area (Å²) >= 11 is 1.40. The molecule has 9 heteroatoms. The molecule has 3 heterocycles. The number of amides is 1. The number of hydrogen-bond acceptors (Lipinski definition) is 6. The minimum atomic E-state index is -0.629. The van der Waals surface area contributed by atoms with Gasteiger partial charge < -0.3 is 14.4 Å². The lowest BCUT2D eigenvalue weighted by Crippen LogP contribution is -2.49. The molecule has 0 spiro atoms. The normalized spacial score (nSPS) is 14.0. The number of benzene rings is 1. The first-order chi connectivity index (χ1) is 13.5. The van der Waals surface area contributed by atoms with Crippen LogP contribution in [0.1, 0.15) is 17.1 Å². The zero-order chi connectivity index (χ0) is 19.8. The fourth-order valence-electron chi connectivity index (χ4n) is 3.64. The summed E-state index contributed by atoms with van der Waals surface area (Å²) in [5.74, 6) is -0.0296. The van der Waals surface area contributed by atoms with Crippen LogP contribution < -0.4 is 10.5 Å². The molecule has 0 aliphatic carbocycles. The number of nitrogens with zero attached hydrogens (tertiary/aromatic N) is 4. The molecule has 1 saturated heterocycles. The fraction of sp³-hybridized carbons (Fsp3) is 0.300. The van der Waals surface area contributed by atoms with Gasteiger partial charge in [-0.15, -0.1) is 11.3 Å². The third-order valence-electron chi connectivity index (χ3n) is 5.05. The number of para-hydroxylation sites is 1. The van der Waals surface area contributed by atoms with Gasteiger partial charge in [-0.3, -0.25) is 19.7 Å². The lowest BCUT2D eigenvalue weighted by atomic mass is 10.1. The Labute approximate surface area is 171 Å². The van der Waals surface area contributed by atoms with Crippen molar-refractivity contribution in [3.05, 3.63) is 67.1 Å². The monoisotopic (exact) mass is 414 g/mol. The minimum Gasteiger partial charge on any atom is -0.362 e. The van der Waals surface area contributed by atoms with Gasteiger partial charge in [-0.1, -0.05) is 31.7 Å². The van der Waals surface area contributed by atoms with Gasteiger partial charge >= 0.3 is 11.2 Å². The molecule has 1 fully saturated rings. The van der Waals surface area contributed by atoms with Crippen LogP contribution in [0.15, 0.2) is 46.6 Å². The third-order valence-corrected chi connectivity index (χ3v) is 5.91. The summed E-state index contributed by atoms with van der Waals surface area (Å²) in [6, 6.07) is 10.8. The molecule has 1 aliphatic rings. The van der Waals surface area contributed by atoms with E-state index in [1.807, 2.05) is 16.3 Å². The van der Waals surface area contributed by atoms with E-state index in [0.717, 1.165) is 0 Å². The van der Waals surface area contributed by atoms with E-state index in [4.69, 9.17) is 0 Å². The van der Waals surface area contributed by atoms with Crippen molar-refractivity contribution in [2.75, 3.05) is 31.1 Å². The highest BCUT2D eigenvalue weighted by molar-refractivity contribution is 7.12. The number of thiophene rings is 1. The first-order valence-corrected chi connectivity index (χ1v) is 9.71. The van der Waals surface area contributed by atoms with Gasteiger partial charge in [-0.25, -0.2) is 0 Å². The van der Waals surface area contributed by atoms with Gasteiger partial charge in [0.1, 0.15) is 5.69 Å². The number of carbonyl (C=O) groups is 1. The maximum atomic E-state index is 12.6. The first-order valence-electron chi connectivity index (χ1n) is 8.83. The van der Waals surface area contributed by atoms with Gasteiger partial charge in [0.15, 0.2) is 0 Å². The average Bonchev–Trinajstić information content (AvgIpc) is 3.25. The zero-order valence-corrected chi connectivity index (χ0v) is 16.0. The topological polar surface area (TPSA) is 88.7 Å². The Hall–Kier alpha value is -3.20. The molecule has 2 aromatic heterocycles. The summed E-state index contributed by atoms with van der Waals surface area (Å²) in [4.78, 5) is 40.6. The molecule has 0 atom stereocenters. The Morgan fingerprint density at radius 3 is 2.41 bits per heavy atom. The number of rotatable bonds is 3. The van der Waals surface area contributed by atoms with Crippen LogP contribution in [-0.2, 0) is 7.05 Å². The summed E-state index contributed by atoms with van der Waals surface area (Å²) in [5, 5.41) is 14.2. The minimum absolute atomic E-state index is 0. The summed E-state index contributed by atoms with van der Waals surface area (Å²) in [5.41, 5.74) is -0.0628. The number of piperazine rings is 1. The number of nitro groups is 1. The quantitative estimate of drug-likeness (QED) is 0.485. The lowest BCUT2D eigenvalue weighted by Gasteiger charge is -2.36. The number of fused-ring (bicyclic) bond motifs is 1. The summed E-state index contributed by atoms with van der Waals surface area (Å²) in [6.07, 6.45) is 0. The van der Waals surface area contributed by atoms with Gasteiger partial charge in [0.2, 0.25) is 0 Å². The van der Waals surface area contributed by atoms with Crippen molar-refractivity contribution in [1.29, 1.82) is 0 Å². The van der Waals surface area contributed by atoms with Gasteiger partial charge in [-0.2, -0.15) is 0 Å². The SMILES string of the molecule is C.Cn1c(=O)c([N+](=O)[O-])c(N2CCN(C(=O)c3cccs3)CC2)c2ccccc21. The van der Waals surface area contributed by atoms with Gasteiger partial charge in [0, 0.05) is 38.6 Å². The third kappa shape index (κ3) is 3.49. The number of anilines is 1. The van der Waals surface area contributed by atoms with Crippen LogP contribution in [0.3, 0.4) is 0 Å². The summed E-state index contributed by atoms with van der Waals surface area (Å²) in [7, 11) is 1.54. The van der Waals surface area contributed by atoms with E-state index in [9.17, 15) is 19.7 Å². The standard InChI is InChI=1S/C19H18N4O4S.CH4/c1-20-14-6-3-2-5-13(14)16(17(19(20)25)23(26)27)21-8-10-22(11-9-21)18(24)15-7-4-12-28-15;/h2-7,12H,8-11H2,1H3;1H4. The lowest BCUT2D eigenvalue weighted by molar-refractivity contribution is -0.385. The van der Waals surface area contributed by atoms with Crippen molar-refractivity contribution < 1.29 is 9.72 Å². The van der Waals surface area contributed by atoms with Crippen LogP contribution in [-0.4, -0.2) is 46.5 Å². The Morgan fingerprint density at radius 1 is 1.10 bits per heavy atom. The molecule has 4 rings (SSSR count). The van der Waals surface area contributed by atoms with E-state index in [-0.39, 0.29) is 13.3 Å². The average molecular weight is 414 g/mol. The summed E-state index contributed by atoms with van der Waals surface area (Å²) in [6.45, 7) is 1.74. The van der Waals surface area contributed by atoms with Gasteiger partial charge in [0.05, 0.1) is 15.3 Å². The molecule has 8 nitrogen and oxygen atoms in total. The molecule has 152 valence electrons. The van der Waals surface area contributed by atoms with Crippen LogP contribution in [0.4, 0.5) is 11.4 Å². The van der Waals surface area contributed by atoms with Crippen molar-refractivity contribution in [2.24, 2.45) is 7.05 Å². The number of hydrogen-bond donors (Lipinski definition) is 0. The van der Waals surface area contributed by atoms with Crippen LogP contribution in [0.2, 0.25) is 0 Å². The van der Waals surface area contributed by atoms with Gasteiger partial charge in [-0.05, 0) is 17.5 Å². The van der Waals surface area contributed by atoms with E-state index >= 15 is 0 Å². The van der Waals surface area contributed by atoms with Crippen molar-refractivity contribution in [2.45, 2.75) is 7.43 Å². The van der Waals surface area contributed by atoms with Crippen molar-refractivity contribution in [3.8, 4) is 0 Å². The molecule has 1 amide bonds. The Kier molecular flexibility index (Phi) is 5.69. The van der Waals surface area contributed by atoms with E-state index in [1.165, 1.54) is 15.9 Å². The van der Waals surface area contributed by atoms with Crippen LogP contribution in [0, 0.1) is 10.1 Å². The smallest absolute Gasteiger partial charge is 0.357 e. The Bertz CT molecular complexity index is 1120. The molecule has 29 heavy (non-hydrogen) atoms. The van der Waals surface area contributed by atoms with E-state index in [1.54, 1.807) is 42.3 Å². The van der Waals surface area contributed by atoms with Crippen LogP contribution >= 0.6 is 11.3 Å². The second-order valence-corrected chi connectivity index (χ2v) is 7.54. The maximum Gasteiger partial charge on any atom is 0.357 e. The molecule has 3 aromatic rings. The van der Waals surface area contributed by atoms with Crippen LogP contribution in [0.25, 0.3) is 10.9 Å².